The average molecular weight is 266 g/mol. The van der Waals surface area contributed by atoms with Gasteiger partial charge in [0.1, 0.15) is 0 Å². The Balaban J connectivity index is 1.59. The van der Waals surface area contributed by atoms with Crippen LogP contribution in [0.4, 0.5) is 0 Å². The molecular formula is C17H34N2. The predicted molar refractivity (Wildman–Crippen MR) is 83.5 cm³/mol. The smallest absolute Gasteiger partial charge is 0.00391 e. The number of hydrogen-bond donors (Lipinski definition) is 1. The maximum Gasteiger partial charge on any atom is 0.00391 e. The Bertz CT molecular complexity index is 241. The highest BCUT2D eigenvalue weighted by molar-refractivity contribution is 4.83. The van der Waals surface area contributed by atoms with Gasteiger partial charge in [0.2, 0.25) is 0 Å². The zero-order chi connectivity index (χ0) is 13.5. The van der Waals surface area contributed by atoms with Gasteiger partial charge >= 0.3 is 0 Å². The zero-order valence-corrected chi connectivity index (χ0v) is 13.2. The average Bonchev–Trinajstić information content (AvgIpc) is 2.45. The van der Waals surface area contributed by atoms with E-state index in [0.717, 1.165) is 11.8 Å². The van der Waals surface area contributed by atoms with E-state index in [4.69, 9.17) is 0 Å². The highest BCUT2D eigenvalue weighted by Crippen LogP contribution is 2.35. The molecule has 2 fully saturated rings. The summed E-state index contributed by atoms with van der Waals surface area (Å²) in [5.74, 6) is 2.12. The monoisotopic (exact) mass is 266 g/mol. The van der Waals surface area contributed by atoms with Gasteiger partial charge in [-0.15, -0.1) is 0 Å². The van der Waals surface area contributed by atoms with Crippen LogP contribution in [0.2, 0.25) is 0 Å². The topological polar surface area (TPSA) is 15.3 Å². The molecule has 1 aliphatic heterocycles. The highest BCUT2D eigenvalue weighted by Gasteiger charge is 2.30. The molecule has 1 N–H and O–H groups in total. The number of piperidine rings is 1. The van der Waals surface area contributed by atoms with Gasteiger partial charge in [-0.2, -0.15) is 0 Å². The number of nitrogens with one attached hydrogen (secondary N) is 1. The van der Waals surface area contributed by atoms with Crippen LogP contribution in [-0.2, 0) is 0 Å². The summed E-state index contributed by atoms with van der Waals surface area (Å²) in [6.45, 7) is 9.87. The van der Waals surface area contributed by atoms with Crippen LogP contribution >= 0.6 is 0 Å². The SMILES string of the molecule is CCCNC(C)CCCN1CCC2CCCCC2C1. The Morgan fingerprint density at radius 2 is 1.95 bits per heavy atom. The third kappa shape index (κ3) is 5.07. The van der Waals surface area contributed by atoms with E-state index < -0.39 is 0 Å². The van der Waals surface area contributed by atoms with Crippen LogP contribution in [-0.4, -0.2) is 37.1 Å². The van der Waals surface area contributed by atoms with Gasteiger partial charge in [-0.25, -0.2) is 0 Å². The van der Waals surface area contributed by atoms with Crippen molar-refractivity contribution in [2.24, 2.45) is 11.8 Å². The number of likely N-dealkylation sites (tertiary alicyclic amines) is 1. The molecule has 0 spiro atoms. The molecule has 1 heterocycles. The first-order valence-electron chi connectivity index (χ1n) is 8.75. The molecule has 2 rings (SSSR count). The first-order valence-corrected chi connectivity index (χ1v) is 8.75. The minimum absolute atomic E-state index is 0.701. The van der Waals surface area contributed by atoms with Gasteiger partial charge in [0, 0.05) is 12.6 Å². The predicted octanol–water partition coefficient (Wildman–Crippen LogP) is 3.67. The maximum absolute atomic E-state index is 3.60. The fraction of sp³-hybridized carbons (Fsp3) is 1.00. The molecule has 3 unspecified atom stereocenters. The fourth-order valence-corrected chi connectivity index (χ4v) is 3.99. The Morgan fingerprint density at radius 1 is 1.16 bits per heavy atom. The van der Waals surface area contributed by atoms with Crippen molar-refractivity contribution in [1.82, 2.24) is 10.2 Å². The molecule has 0 aromatic rings. The molecule has 3 atom stereocenters. The third-order valence-corrected chi connectivity index (χ3v) is 5.23. The summed E-state index contributed by atoms with van der Waals surface area (Å²) in [5.41, 5.74) is 0. The maximum atomic E-state index is 3.60. The van der Waals surface area contributed by atoms with Crippen LogP contribution in [0, 0.1) is 11.8 Å². The molecule has 0 radical (unpaired) electrons. The number of rotatable bonds is 7. The third-order valence-electron chi connectivity index (χ3n) is 5.23. The van der Waals surface area contributed by atoms with Crippen molar-refractivity contribution in [2.45, 2.75) is 71.3 Å². The lowest BCUT2D eigenvalue weighted by molar-refractivity contribution is 0.0853. The summed E-state index contributed by atoms with van der Waals surface area (Å²) in [5, 5.41) is 3.60. The van der Waals surface area contributed by atoms with E-state index >= 15 is 0 Å². The van der Waals surface area contributed by atoms with Crippen LogP contribution in [0.1, 0.15) is 65.2 Å². The van der Waals surface area contributed by atoms with Gasteiger partial charge in [0.25, 0.3) is 0 Å². The first kappa shape index (κ1) is 15.3. The molecule has 112 valence electrons. The Kier molecular flexibility index (Phi) is 6.66. The van der Waals surface area contributed by atoms with E-state index in [1.54, 1.807) is 0 Å². The lowest BCUT2D eigenvalue weighted by Gasteiger charge is -2.41. The largest absolute Gasteiger partial charge is 0.314 e. The van der Waals surface area contributed by atoms with Gasteiger partial charge in [-0.05, 0) is 70.5 Å². The minimum atomic E-state index is 0.701. The minimum Gasteiger partial charge on any atom is -0.314 e. The first-order chi connectivity index (χ1) is 9.29. The standard InChI is InChI=1S/C17H34N2/c1-3-11-18-15(2)7-6-12-19-13-10-16-8-4-5-9-17(16)14-19/h15-18H,3-14H2,1-2H3. The van der Waals surface area contributed by atoms with Crippen molar-refractivity contribution in [3.63, 3.8) is 0 Å². The van der Waals surface area contributed by atoms with Crippen molar-refractivity contribution in [3.8, 4) is 0 Å². The van der Waals surface area contributed by atoms with E-state index in [2.05, 4.69) is 24.1 Å². The van der Waals surface area contributed by atoms with Crippen LogP contribution in [0.15, 0.2) is 0 Å². The number of hydrogen-bond acceptors (Lipinski definition) is 2. The molecule has 1 saturated heterocycles. The molecule has 19 heavy (non-hydrogen) atoms. The van der Waals surface area contributed by atoms with Gasteiger partial charge in [-0.3, -0.25) is 0 Å². The van der Waals surface area contributed by atoms with Crippen LogP contribution in [0.3, 0.4) is 0 Å². The molecule has 2 heteroatoms. The van der Waals surface area contributed by atoms with Gasteiger partial charge in [0.15, 0.2) is 0 Å². The van der Waals surface area contributed by atoms with Crippen LogP contribution < -0.4 is 5.32 Å². The summed E-state index contributed by atoms with van der Waals surface area (Å²) in [7, 11) is 0. The second-order valence-electron chi connectivity index (χ2n) is 6.89. The Morgan fingerprint density at radius 3 is 2.74 bits per heavy atom. The highest BCUT2D eigenvalue weighted by atomic mass is 15.1. The summed E-state index contributed by atoms with van der Waals surface area (Å²) >= 11 is 0. The van der Waals surface area contributed by atoms with Gasteiger partial charge < -0.3 is 10.2 Å². The van der Waals surface area contributed by atoms with Gasteiger partial charge in [0.05, 0.1) is 0 Å². The zero-order valence-electron chi connectivity index (χ0n) is 13.2. The molecule has 1 aliphatic carbocycles. The van der Waals surface area contributed by atoms with E-state index in [0.29, 0.717) is 6.04 Å². The quantitative estimate of drug-likeness (QED) is 0.756. The van der Waals surface area contributed by atoms with Crippen molar-refractivity contribution in [2.75, 3.05) is 26.2 Å². The molecule has 0 aromatic carbocycles. The summed E-state index contributed by atoms with van der Waals surface area (Å²) in [4.78, 5) is 2.75. The number of nitrogens with zero attached hydrogens (tertiary/aromatic N) is 1. The lowest BCUT2D eigenvalue weighted by atomic mass is 9.75. The van der Waals surface area contributed by atoms with E-state index in [1.165, 1.54) is 77.5 Å². The number of fused-ring (bicyclic) bond motifs is 1. The molecule has 2 nitrogen and oxygen atoms in total. The molecule has 0 aromatic heterocycles. The van der Waals surface area contributed by atoms with Crippen molar-refractivity contribution >= 4 is 0 Å². The Labute approximate surface area is 120 Å². The summed E-state index contributed by atoms with van der Waals surface area (Å²) in [6.07, 6.45) is 11.5. The molecule has 0 bridgehead atoms. The molecule has 2 aliphatic rings. The molecule has 0 amide bonds. The van der Waals surface area contributed by atoms with Crippen LogP contribution in [0.25, 0.3) is 0 Å². The summed E-state index contributed by atoms with van der Waals surface area (Å²) in [6, 6.07) is 0.701. The van der Waals surface area contributed by atoms with E-state index in [1.807, 2.05) is 0 Å². The normalized spacial score (nSPS) is 30.0. The van der Waals surface area contributed by atoms with Gasteiger partial charge in [-0.1, -0.05) is 26.2 Å². The van der Waals surface area contributed by atoms with Crippen LogP contribution in [0.5, 0.6) is 0 Å². The molecular weight excluding hydrogens is 232 g/mol. The van der Waals surface area contributed by atoms with E-state index in [-0.39, 0.29) is 0 Å². The fourth-order valence-electron chi connectivity index (χ4n) is 3.99. The van der Waals surface area contributed by atoms with E-state index in [9.17, 15) is 0 Å². The van der Waals surface area contributed by atoms with Crippen molar-refractivity contribution < 1.29 is 0 Å². The second kappa shape index (κ2) is 8.26. The van der Waals surface area contributed by atoms with Crippen molar-refractivity contribution in [1.29, 1.82) is 0 Å². The molecule has 1 saturated carbocycles. The second-order valence-corrected chi connectivity index (χ2v) is 6.89. The Hall–Kier alpha value is -0.0800. The lowest BCUT2D eigenvalue weighted by Crippen LogP contribution is -2.42. The van der Waals surface area contributed by atoms with Crippen molar-refractivity contribution in [3.05, 3.63) is 0 Å². The summed E-state index contributed by atoms with van der Waals surface area (Å²) < 4.78 is 0.